The number of rotatable bonds is 4. The number of nitro benzene ring substituents is 1. The summed E-state index contributed by atoms with van der Waals surface area (Å²) in [6, 6.07) is 1.52. The zero-order chi connectivity index (χ0) is 18.2. The molecule has 0 aromatic heterocycles. The molecular weight excluding hydrogens is 341 g/mol. The molecule has 0 unspecified atom stereocenters. The molecule has 5 nitrogen and oxygen atoms in total. The summed E-state index contributed by atoms with van der Waals surface area (Å²) in [6.45, 7) is 0. The van der Waals surface area contributed by atoms with E-state index >= 15 is 0 Å². The largest absolute Gasteiger partial charge is 0.493 e. The molecule has 2 aromatic carbocycles. The minimum absolute atomic E-state index is 0.156. The van der Waals surface area contributed by atoms with Crippen molar-refractivity contribution in [1.29, 1.82) is 0 Å². The Morgan fingerprint density at radius 2 is 1.25 bits per heavy atom. The SMILES string of the molecule is COc1cc(-c2c(F)c(F)c(F)c(F)c2F)c([N+](=O)[O-])cc1OC. The molecule has 2 aromatic rings. The summed E-state index contributed by atoms with van der Waals surface area (Å²) < 4.78 is 77.4. The predicted octanol–water partition coefficient (Wildman–Crippen LogP) is 3.97. The highest BCUT2D eigenvalue weighted by molar-refractivity contribution is 5.78. The summed E-state index contributed by atoms with van der Waals surface area (Å²) in [7, 11) is 2.28. The summed E-state index contributed by atoms with van der Waals surface area (Å²) in [5.74, 6) is -11.5. The van der Waals surface area contributed by atoms with Crippen LogP contribution in [0.25, 0.3) is 11.1 Å². The number of ether oxygens (including phenoxy) is 2. The first-order chi connectivity index (χ1) is 11.2. The summed E-state index contributed by atoms with van der Waals surface area (Å²) in [5, 5.41) is 11.1. The molecule has 2 rings (SSSR count). The van der Waals surface area contributed by atoms with Crippen molar-refractivity contribution < 1.29 is 36.3 Å². The molecule has 0 atom stereocenters. The van der Waals surface area contributed by atoms with Gasteiger partial charge in [0.2, 0.25) is 5.82 Å². The third kappa shape index (κ3) is 2.59. The van der Waals surface area contributed by atoms with Gasteiger partial charge in [-0.2, -0.15) is 0 Å². The molecule has 0 N–H and O–H groups in total. The topological polar surface area (TPSA) is 61.6 Å². The number of methoxy groups -OCH3 is 2. The van der Waals surface area contributed by atoms with E-state index in [0.717, 1.165) is 26.4 Å². The van der Waals surface area contributed by atoms with Crippen molar-refractivity contribution in [2.75, 3.05) is 14.2 Å². The van der Waals surface area contributed by atoms with Gasteiger partial charge in [0.05, 0.1) is 36.3 Å². The molecule has 10 heteroatoms. The van der Waals surface area contributed by atoms with Crippen molar-refractivity contribution in [2.45, 2.75) is 0 Å². The van der Waals surface area contributed by atoms with E-state index in [1.54, 1.807) is 0 Å². The molecule has 128 valence electrons. The number of hydrogen-bond acceptors (Lipinski definition) is 4. The summed E-state index contributed by atoms with van der Waals surface area (Å²) in [4.78, 5) is 10.1. The Morgan fingerprint density at radius 3 is 1.67 bits per heavy atom. The van der Waals surface area contributed by atoms with Crippen molar-refractivity contribution in [1.82, 2.24) is 0 Å². The minimum Gasteiger partial charge on any atom is -0.493 e. The van der Waals surface area contributed by atoms with Gasteiger partial charge in [0.1, 0.15) is 0 Å². The van der Waals surface area contributed by atoms with E-state index in [-0.39, 0.29) is 11.5 Å². The lowest BCUT2D eigenvalue weighted by Gasteiger charge is -2.12. The second kappa shape index (κ2) is 6.30. The fourth-order valence-electron chi connectivity index (χ4n) is 2.06. The molecular formula is C14H8F5NO4. The Labute approximate surface area is 131 Å². The highest BCUT2D eigenvalue weighted by Gasteiger charge is 2.31. The van der Waals surface area contributed by atoms with Crippen LogP contribution in [0.15, 0.2) is 12.1 Å². The molecule has 0 spiro atoms. The molecule has 0 aliphatic rings. The van der Waals surface area contributed by atoms with Crippen LogP contribution in [0.2, 0.25) is 0 Å². The van der Waals surface area contributed by atoms with E-state index < -0.39 is 50.8 Å². The normalized spacial score (nSPS) is 10.6. The number of halogens is 5. The smallest absolute Gasteiger partial charge is 0.281 e. The molecule has 0 amide bonds. The van der Waals surface area contributed by atoms with Crippen molar-refractivity contribution in [3.8, 4) is 22.6 Å². The first-order valence-electron chi connectivity index (χ1n) is 6.16. The van der Waals surface area contributed by atoms with E-state index in [1.807, 2.05) is 0 Å². The van der Waals surface area contributed by atoms with Crippen LogP contribution in [-0.4, -0.2) is 19.1 Å². The molecule has 24 heavy (non-hydrogen) atoms. The first-order valence-corrected chi connectivity index (χ1v) is 6.16. The van der Waals surface area contributed by atoms with Crippen LogP contribution >= 0.6 is 0 Å². The van der Waals surface area contributed by atoms with Crippen LogP contribution in [-0.2, 0) is 0 Å². The zero-order valence-corrected chi connectivity index (χ0v) is 12.1. The highest BCUT2D eigenvalue weighted by Crippen LogP contribution is 2.42. The molecule has 0 fully saturated rings. The van der Waals surface area contributed by atoms with Gasteiger partial charge in [0.15, 0.2) is 34.8 Å². The van der Waals surface area contributed by atoms with Crippen LogP contribution in [0, 0.1) is 39.2 Å². The Morgan fingerprint density at radius 1 is 0.833 bits per heavy atom. The second-order valence-electron chi connectivity index (χ2n) is 4.43. The molecule has 0 saturated carbocycles. The zero-order valence-electron chi connectivity index (χ0n) is 12.1. The maximum absolute atomic E-state index is 13.9. The Hall–Kier alpha value is -2.91. The van der Waals surface area contributed by atoms with Gasteiger partial charge in [-0.25, -0.2) is 22.0 Å². The van der Waals surface area contributed by atoms with Crippen molar-refractivity contribution in [3.63, 3.8) is 0 Å². The van der Waals surface area contributed by atoms with Gasteiger partial charge in [0, 0.05) is 0 Å². The van der Waals surface area contributed by atoms with Gasteiger partial charge in [-0.3, -0.25) is 10.1 Å². The molecule has 0 saturated heterocycles. The van der Waals surface area contributed by atoms with Crippen LogP contribution in [0.5, 0.6) is 11.5 Å². The molecule has 0 aliphatic carbocycles. The Balaban J connectivity index is 2.94. The maximum Gasteiger partial charge on any atom is 0.281 e. The highest BCUT2D eigenvalue weighted by atomic mass is 19.2. The summed E-state index contributed by atoms with van der Waals surface area (Å²) in [6.07, 6.45) is 0. The maximum atomic E-state index is 13.9. The monoisotopic (exact) mass is 349 g/mol. The van der Waals surface area contributed by atoms with E-state index in [0.29, 0.717) is 0 Å². The molecule has 0 aliphatic heterocycles. The van der Waals surface area contributed by atoms with E-state index in [1.165, 1.54) is 0 Å². The number of benzene rings is 2. The molecule has 0 heterocycles. The van der Waals surface area contributed by atoms with E-state index in [9.17, 15) is 32.1 Å². The van der Waals surface area contributed by atoms with Gasteiger partial charge in [-0.15, -0.1) is 0 Å². The van der Waals surface area contributed by atoms with E-state index in [4.69, 9.17) is 9.47 Å². The van der Waals surface area contributed by atoms with Gasteiger partial charge >= 0.3 is 0 Å². The van der Waals surface area contributed by atoms with E-state index in [2.05, 4.69) is 0 Å². The fourth-order valence-corrected chi connectivity index (χ4v) is 2.06. The average Bonchev–Trinajstić information content (AvgIpc) is 2.57. The predicted molar refractivity (Wildman–Crippen MR) is 71.4 cm³/mol. The van der Waals surface area contributed by atoms with Crippen LogP contribution in [0.3, 0.4) is 0 Å². The van der Waals surface area contributed by atoms with Crippen LogP contribution in [0.4, 0.5) is 27.6 Å². The number of nitrogens with zero attached hydrogens (tertiary/aromatic N) is 1. The van der Waals surface area contributed by atoms with Crippen molar-refractivity contribution in [2.24, 2.45) is 0 Å². The van der Waals surface area contributed by atoms with Crippen LogP contribution < -0.4 is 9.47 Å². The quantitative estimate of drug-likeness (QED) is 0.275. The molecule has 0 radical (unpaired) electrons. The Bertz CT molecular complexity index is 812. The number of hydrogen-bond donors (Lipinski definition) is 0. The lowest BCUT2D eigenvalue weighted by Crippen LogP contribution is -2.06. The second-order valence-corrected chi connectivity index (χ2v) is 4.43. The Kier molecular flexibility index (Phi) is 4.58. The van der Waals surface area contributed by atoms with Crippen LogP contribution in [0.1, 0.15) is 0 Å². The lowest BCUT2D eigenvalue weighted by molar-refractivity contribution is -0.384. The van der Waals surface area contributed by atoms with Gasteiger partial charge < -0.3 is 9.47 Å². The fraction of sp³-hybridized carbons (Fsp3) is 0.143. The average molecular weight is 349 g/mol. The van der Waals surface area contributed by atoms with Gasteiger partial charge in [-0.1, -0.05) is 0 Å². The lowest BCUT2D eigenvalue weighted by atomic mass is 10.0. The summed E-state index contributed by atoms with van der Waals surface area (Å²) in [5.41, 5.74) is -3.19. The standard InChI is InChI=1S/C14H8F5NO4/c1-23-7-3-5(6(20(21)22)4-8(7)24-2)9-10(15)12(17)14(19)13(18)11(9)16/h3-4H,1-2H3. The molecule has 0 bridgehead atoms. The minimum atomic E-state index is -2.36. The van der Waals surface area contributed by atoms with Crippen molar-refractivity contribution in [3.05, 3.63) is 51.3 Å². The van der Waals surface area contributed by atoms with Gasteiger partial charge in [0.25, 0.3) is 5.69 Å². The third-order valence-corrected chi connectivity index (χ3v) is 3.18. The number of nitro groups is 1. The van der Waals surface area contributed by atoms with Gasteiger partial charge in [-0.05, 0) is 6.07 Å². The van der Waals surface area contributed by atoms with Crippen molar-refractivity contribution >= 4 is 5.69 Å². The third-order valence-electron chi connectivity index (χ3n) is 3.18. The first kappa shape index (κ1) is 17.4. The summed E-state index contributed by atoms with van der Waals surface area (Å²) >= 11 is 0.